The number of ketones is 2. The molecule has 0 saturated heterocycles. The summed E-state index contributed by atoms with van der Waals surface area (Å²) >= 11 is 0. The van der Waals surface area contributed by atoms with Crippen molar-refractivity contribution in [1.82, 2.24) is 4.90 Å². The van der Waals surface area contributed by atoms with Gasteiger partial charge in [0.05, 0.1) is 12.0 Å². The summed E-state index contributed by atoms with van der Waals surface area (Å²) in [7, 11) is 3.22. The van der Waals surface area contributed by atoms with Crippen molar-refractivity contribution in [3.05, 3.63) is 50.4 Å². The third kappa shape index (κ3) is 3.71. The molecular weight excluding hydrogens is 424 g/mol. The number of phenolic OH excluding ortho intramolecular Hbond substituents is 1. The highest BCUT2D eigenvalue weighted by Gasteiger charge is 2.48. The Balaban J connectivity index is 2.03. The average Bonchev–Trinajstić information content (AvgIpc) is 2.68. The van der Waals surface area contributed by atoms with Crippen molar-refractivity contribution >= 4 is 17.3 Å². The van der Waals surface area contributed by atoms with Gasteiger partial charge < -0.3 is 14.7 Å². The van der Waals surface area contributed by atoms with Crippen molar-refractivity contribution < 1.29 is 24.4 Å². The van der Waals surface area contributed by atoms with E-state index >= 15 is 0 Å². The van der Waals surface area contributed by atoms with Gasteiger partial charge >= 0.3 is 5.69 Å². The zero-order chi connectivity index (χ0) is 24.5. The number of carbonyl (C=O) groups is 2. The van der Waals surface area contributed by atoms with Crippen molar-refractivity contribution in [3.8, 4) is 11.5 Å². The number of allylic oxidation sites excluding steroid dienone is 4. The molecule has 0 aromatic heterocycles. The van der Waals surface area contributed by atoms with Gasteiger partial charge in [-0.05, 0) is 35.3 Å². The Hall–Kier alpha value is -3.16. The molecule has 0 unspecified atom stereocenters. The van der Waals surface area contributed by atoms with Gasteiger partial charge in [0.25, 0.3) is 0 Å². The van der Waals surface area contributed by atoms with Crippen LogP contribution in [0.2, 0.25) is 0 Å². The largest absolute Gasteiger partial charge is 0.500 e. The lowest BCUT2D eigenvalue weighted by molar-refractivity contribution is -0.386. The number of hydrogen-bond donors (Lipinski definition) is 1. The maximum atomic E-state index is 13.5. The number of carbonyl (C=O) groups excluding carboxylic acids is 2. The number of aromatic hydroxyl groups is 1. The van der Waals surface area contributed by atoms with Crippen LogP contribution >= 0.6 is 0 Å². The highest BCUT2D eigenvalue weighted by Crippen LogP contribution is 2.55. The third-order valence-electron chi connectivity index (χ3n) is 7.01. The number of nitro groups is 1. The molecule has 0 amide bonds. The molecule has 3 aliphatic rings. The summed E-state index contributed by atoms with van der Waals surface area (Å²) < 4.78 is 5.21. The summed E-state index contributed by atoms with van der Waals surface area (Å²) in [6, 6.07) is 2.77. The number of methoxy groups -OCH3 is 1. The van der Waals surface area contributed by atoms with Gasteiger partial charge in [0, 0.05) is 54.4 Å². The minimum Gasteiger partial charge on any atom is -0.500 e. The Labute approximate surface area is 193 Å². The zero-order valence-corrected chi connectivity index (χ0v) is 19.9. The van der Waals surface area contributed by atoms with Crippen LogP contribution in [-0.4, -0.2) is 40.7 Å². The van der Waals surface area contributed by atoms with E-state index < -0.39 is 22.3 Å². The Bertz CT molecular complexity index is 1100. The van der Waals surface area contributed by atoms with Gasteiger partial charge in [-0.1, -0.05) is 27.7 Å². The summed E-state index contributed by atoms with van der Waals surface area (Å²) in [5.41, 5.74) is 2.18. The number of benzene rings is 1. The van der Waals surface area contributed by atoms with Gasteiger partial charge in [-0.3, -0.25) is 19.7 Å². The van der Waals surface area contributed by atoms with E-state index in [4.69, 9.17) is 4.74 Å². The molecule has 8 heteroatoms. The van der Waals surface area contributed by atoms with Gasteiger partial charge in [0.15, 0.2) is 17.3 Å². The zero-order valence-electron chi connectivity index (χ0n) is 19.9. The third-order valence-corrected chi connectivity index (χ3v) is 7.01. The van der Waals surface area contributed by atoms with Crippen molar-refractivity contribution in [2.75, 3.05) is 14.2 Å². The molecular formula is C25H30N2O6. The molecule has 1 N–H and O–H groups in total. The second kappa shape index (κ2) is 7.43. The normalized spacial score (nSPS) is 22.3. The first kappa shape index (κ1) is 23.0. The fraction of sp³-hybridized carbons (Fsp3) is 0.520. The predicted molar refractivity (Wildman–Crippen MR) is 122 cm³/mol. The van der Waals surface area contributed by atoms with Gasteiger partial charge in [0.1, 0.15) is 0 Å². The highest BCUT2D eigenvalue weighted by atomic mass is 16.6. The van der Waals surface area contributed by atoms with Crippen LogP contribution in [0, 0.1) is 20.9 Å². The SMILES string of the molecule is COc1cc(C2C3=C(CC(C)(C)CC3=O)N(C)C3=C2C(=O)CC(C)(C)C3)cc([N+](=O)[O-])c1O. The number of nitro benzene ring substituents is 1. The van der Waals surface area contributed by atoms with E-state index in [1.54, 1.807) is 0 Å². The molecule has 1 heterocycles. The van der Waals surface area contributed by atoms with Crippen LogP contribution in [0.1, 0.15) is 64.9 Å². The molecule has 0 atom stereocenters. The highest BCUT2D eigenvalue weighted by molar-refractivity contribution is 6.06. The summed E-state index contributed by atoms with van der Waals surface area (Å²) in [5, 5.41) is 22.0. The topological polar surface area (TPSA) is 110 Å². The lowest BCUT2D eigenvalue weighted by atomic mass is 9.63. The van der Waals surface area contributed by atoms with E-state index in [1.165, 1.54) is 19.2 Å². The van der Waals surface area contributed by atoms with E-state index in [0.29, 0.717) is 42.4 Å². The Morgan fingerprint density at radius 2 is 1.48 bits per heavy atom. The lowest BCUT2D eigenvalue weighted by Gasteiger charge is -2.47. The number of hydrogen-bond acceptors (Lipinski definition) is 7. The molecule has 0 radical (unpaired) electrons. The molecule has 33 heavy (non-hydrogen) atoms. The van der Waals surface area contributed by atoms with Gasteiger partial charge in [-0.25, -0.2) is 0 Å². The molecule has 1 aromatic carbocycles. The van der Waals surface area contributed by atoms with E-state index in [9.17, 15) is 24.8 Å². The number of ether oxygens (including phenoxy) is 1. The Morgan fingerprint density at radius 3 is 1.91 bits per heavy atom. The smallest absolute Gasteiger partial charge is 0.314 e. The summed E-state index contributed by atoms with van der Waals surface area (Å²) in [6.45, 7) is 8.19. The van der Waals surface area contributed by atoms with Crippen LogP contribution in [0.4, 0.5) is 5.69 Å². The van der Waals surface area contributed by atoms with Gasteiger partial charge in [-0.2, -0.15) is 0 Å². The van der Waals surface area contributed by atoms with Crippen LogP contribution in [0.15, 0.2) is 34.7 Å². The number of rotatable bonds is 3. The molecule has 0 spiro atoms. The van der Waals surface area contributed by atoms with E-state index in [2.05, 4.69) is 0 Å². The molecule has 8 nitrogen and oxygen atoms in total. The van der Waals surface area contributed by atoms with Crippen LogP contribution in [-0.2, 0) is 9.59 Å². The molecule has 0 fully saturated rings. The summed E-state index contributed by atoms with van der Waals surface area (Å²) in [5.74, 6) is -1.48. The number of Topliss-reactive ketones (excluding diaryl/α,β-unsaturated/α-hetero) is 2. The van der Waals surface area contributed by atoms with Crippen LogP contribution in [0.25, 0.3) is 0 Å². The average molecular weight is 455 g/mol. The molecule has 1 aromatic rings. The van der Waals surface area contributed by atoms with Crippen molar-refractivity contribution in [1.29, 1.82) is 0 Å². The number of phenols is 1. The quantitative estimate of drug-likeness (QED) is 0.524. The van der Waals surface area contributed by atoms with Crippen LogP contribution in [0.3, 0.4) is 0 Å². The molecule has 2 aliphatic carbocycles. The van der Waals surface area contributed by atoms with Crippen LogP contribution < -0.4 is 4.74 Å². The molecule has 4 rings (SSSR count). The first-order valence-corrected chi connectivity index (χ1v) is 11.1. The Morgan fingerprint density at radius 1 is 1.00 bits per heavy atom. The predicted octanol–water partition coefficient (Wildman–Crippen LogP) is 4.62. The van der Waals surface area contributed by atoms with Crippen molar-refractivity contribution in [3.63, 3.8) is 0 Å². The van der Waals surface area contributed by atoms with E-state index in [-0.39, 0.29) is 28.1 Å². The fourth-order valence-corrected chi connectivity index (χ4v) is 5.57. The van der Waals surface area contributed by atoms with E-state index in [0.717, 1.165) is 11.4 Å². The first-order chi connectivity index (χ1) is 15.3. The fourth-order valence-electron chi connectivity index (χ4n) is 5.57. The molecule has 176 valence electrons. The minimum absolute atomic E-state index is 0.0584. The van der Waals surface area contributed by atoms with Gasteiger partial charge in [0.2, 0.25) is 5.75 Å². The number of nitrogens with zero attached hydrogens (tertiary/aromatic N) is 2. The molecule has 0 saturated carbocycles. The van der Waals surface area contributed by atoms with Crippen LogP contribution in [0.5, 0.6) is 11.5 Å². The Kier molecular flexibility index (Phi) is 5.18. The first-order valence-electron chi connectivity index (χ1n) is 11.1. The standard InChI is InChI=1S/C25H30N2O6/c1-24(2)9-15-21(17(28)11-24)20(13-7-14(27(31)32)23(30)19(8-13)33-6)22-16(26(15)5)10-25(3,4)12-18(22)29/h7-8,20,30H,9-12H2,1-6H3. The second-order valence-electron chi connectivity index (χ2n) is 10.9. The summed E-state index contributed by atoms with van der Waals surface area (Å²) in [4.78, 5) is 40.0. The van der Waals surface area contributed by atoms with Gasteiger partial charge in [-0.15, -0.1) is 0 Å². The monoisotopic (exact) mass is 454 g/mol. The summed E-state index contributed by atoms with van der Waals surface area (Å²) in [6.07, 6.45) is 1.97. The minimum atomic E-state index is -0.730. The second-order valence-corrected chi connectivity index (χ2v) is 10.9. The maximum Gasteiger partial charge on any atom is 0.314 e. The van der Waals surface area contributed by atoms with E-state index in [1.807, 2.05) is 39.6 Å². The maximum absolute atomic E-state index is 13.5. The van der Waals surface area contributed by atoms with Crippen molar-refractivity contribution in [2.45, 2.75) is 59.3 Å². The molecule has 1 aliphatic heterocycles. The van der Waals surface area contributed by atoms with Crippen molar-refractivity contribution in [2.24, 2.45) is 10.8 Å². The molecule has 0 bridgehead atoms. The lowest BCUT2D eigenvalue weighted by Crippen LogP contribution is -2.43.